The normalized spacial score (nSPS) is 18.0. The van der Waals surface area contributed by atoms with Gasteiger partial charge in [-0.15, -0.1) is 5.10 Å². The maximum absolute atomic E-state index is 12.6. The summed E-state index contributed by atoms with van der Waals surface area (Å²) in [5.74, 6) is 0.980. The minimum absolute atomic E-state index is 0.0260. The third-order valence-electron chi connectivity index (χ3n) is 5.82. The van der Waals surface area contributed by atoms with Crippen LogP contribution < -0.4 is 10.1 Å². The number of nitrogens with zero attached hydrogens (tertiary/aromatic N) is 6. The number of rotatable bonds is 7. The number of carbonyl (C=O) groups excluding carboxylic acids is 1. The van der Waals surface area contributed by atoms with Gasteiger partial charge in [-0.05, 0) is 31.4 Å². The Hall–Kier alpha value is -3.86. The molecule has 0 spiro atoms. The van der Waals surface area contributed by atoms with Crippen molar-refractivity contribution in [3.8, 4) is 5.88 Å². The number of hydrogen-bond acceptors (Lipinski definition) is 8. The predicted octanol–water partition coefficient (Wildman–Crippen LogP) is 2.60. The van der Waals surface area contributed by atoms with Gasteiger partial charge in [0, 0.05) is 49.6 Å². The van der Waals surface area contributed by atoms with Crippen LogP contribution >= 0.6 is 0 Å². The molecule has 4 aromatic rings. The molecule has 0 saturated heterocycles. The summed E-state index contributed by atoms with van der Waals surface area (Å²) in [6, 6.07) is 5.47. The van der Waals surface area contributed by atoms with Crippen molar-refractivity contribution in [1.82, 2.24) is 35.2 Å². The number of amides is 1. The largest absolute Gasteiger partial charge is 0.473 e. The highest BCUT2D eigenvalue weighted by molar-refractivity contribution is 6.02. The SMILES string of the molecule is COCc1cc(C(=O)Nc2cc([C@H]3CC[C@@H](Oc4nncc5cnccc45)C3)[nH]n2)n(C)n1. The molecular formula is C22H24N8O3. The Labute approximate surface area is 189 Å². The standard InChI is InChI=1S/C22H24N8O3/c1-30-19(8-15(29-30)12-32-2)21(31)25-20-9-18(26-27-20)13-3-4-16(7-13)33-22-17-5-6-23-10-14(17)11-24-28-22/h5-6,8-11,13,16H,3-4,7,12H2,1-2H3,(H2,25,26,27,31)/t13-,16+/m0/s1. The third kappa shape index (κ3) is 4.40. The number of aromatic nitrogens is 7. The van der Waals surface area contributed by atoms with Crippen molar-refractivity contribution in [2.24, 2.45) is 7.05 Å². The highest BCUT2D eigenvalue weighted by atomic mass is 16.5. The number of methoxy groups -OCH3 is 1. The van der Waals surface area contributed by atoms with Crippen LogP contribution in [0.2, 0.25) is 0 Å². The van der Waals surface area contributed by atoms with E-state index in [1.807, 2.05) is 12.1 Å². The number of pyridine rings is 1. The lowest BCUT2D eigenvalue weighted by molar-refractivity contribution is 0.101. The summed E-state index contributed by atoms with van der Waals surface area (Å²) >= 11 is 0. The number of carbonyl (C=O) groups is 1. The number of fused-ring (bicyclic) bond motifs is 1. The molecule has 0 radical (unpaired) electrons. The van der Waals surface area contributed by atoms with E-state index in [1.54, 1.807) is 38.8 Å². The molecule has 1 aliphatic rings. The van der Waals surface area contributed by atoms with Gasteiger partial charge >= 0.3 is 0 Å². The lowest BCUT2D eigenvalue weighted by Crippen LogP contribution is -2.16. The molecule has 0 aromatic carbocycles. The Morgan fingerprint density at radius 2 is 2.21 bits per heavy atom. The van der Waals surface area contributed by atoms with E-state index in [4.69, 9.17) is 9.47 Å². The van der Waals surface area contributed by atoms with Gasteiger partial charge in [0.1, 0.15) is 11.8 Å². The van der Waals surface area contributed by atoms with Crippen LogP contribution in [0.15, 0.2) is 36.8 Å². The molecule has 33 heavy (non-hydrogen) atoms. The van der Waals surface area contributed by atoms with Crippen LogP contribution in [0.5, 0.6) is 5.88 Å². The van der Waals surface area contributed by atoms with Gasteiger partial charge in [-0.1, -0.05) is 0 Å². The molecule has 11 heteroatoms. The lowest BCUT2D eigenvalue weighted by atomic mass is 10.0. The minimum Gasteiger partial charge on any atom is -0.473 e. The Morgan fingerprint density at radius 3 is 3.09 bits per heavy atom. The van der Waals surface area contributed by atoms with E-state index < -0.39 is 0 Å². The lowest BCUT2D eigenvalue weighted by Gasteiger charge is -2.13. The number of aromatic amines is 1. The van der Waals surface area contributed by atoms with Gasteiger partial charge in [0.25, 0.3) is 5.91 Å². The first-order valence-corrected chi connectivity index (χ1v) is 10.7. The maximum Gasteiger partial charge on any atom is 0.275 e. The van der Waals surface area contributed by atoms with Crippen molar-refractivity contribution >= 4 is 22.5 Å². The molecule has 1 aliphatic carbocycles. The predicted molar refractivity (Wildman–Crippen MR) is 119 cm³/mol. The molecule has 5 rings (SSSR count). The second-order valence-corrected chi connectivity index (χ2v) is 8.10. The third-order valence-corrected chi connectivity index (χ3v) is 5.82. The van der Waals surface area contributed by atoms with Gasteiger partial charge in [0.05, 0.1) is 23.9 Å². The summed E-state index contributed by atoms with van der Waals surface area (Å²) in [4.78, 5) is 16.8. The van der Waals surface area contributed by atoms with Gasteiger partial charge in [-0.3, -0.25) is 19.6 Å². The van der Waals surface area contributed by atoms with Crippen molar-refractivity contribution in [3.05, 3.63) is 53.9 Å². The van der Waals surface area contributed by atoms with Crippen LogP contribution in [-0.2, 0) is 18.4 Å². The average molecular weight is 448 g/mol. The molecule has 4 heterocycles. The number of H-pyrrole nitrogens is 1. The van der Waals surface area contributed by atoms with Crippen LogP contribution in [0, 0.1) is 0 Å². The molecule has 0 bridgehead atoms. The Kier molecular flexibility index (Phi) is 5.69. The molecule has 170 valence electrons. The fraction of sp³-hybridized carbons (Fsp3) is 0.364. The first-order chi connectivity index (χ1) is 16.1. The van der Waals surface area contributed by atoms with Gasteiger partial charge in [0.2, 0.25) is 5.88 Å². The molecular weight excluding hydrogens is 424 g/mol. The smallest absolute Gasteiger partial charge is 0.275 e. The summed E-state index contributed by atoms with van der Waals surface area (Å²) in [5, 5.41) is 24.4. The highest BCUT2D eigenvalue weighted by Crippen LogP contribution is 2.37. The van der Waals surface area contributed by atoms with Gasteiger partial charge < -0.3 is 14.8 Å². The molecule has 1 fully saturated rings. The molecule has 1 saturated carbocycles. The van der Waals surface area contributed by atoms with Gasteiger partial charge in [-0.2, -0.15) is 15.3 Å². The maximum atomic E-state index is 12.6. The van der Waals surface area contributed by atoms with Crippen LogP contribution in [0.1, 0.15) is 47.1 Å². The molecule has 2 atom stereocenters. The highest BCUT2D eigenvalue weighted by Gasteiger charge is 2.29. The Bertz CT molecular complexity index is 1280. The summed E-state index contributed by atoms with van der Waals surface area (Å²) in [5.41, 5.74) is 2.10. The Morgan fingerprint density at radius 1 is 1.30 bits per heavy atom. The summed E-state index contributed by atoms with van der Waals surface area (Å²) in [6.07, 6.45) is 7.83. The van der Waals surface area contributed by atoms with E-state index >= 15 is 0 Å². The number of hydrogen-bond donors (Lipinski definition) is 2. The molecule has 4 aromatic heterocycles. The number of ether oxygens (including phenoxy) is 2. The molecule has 11 nitrogen and oxygen atoms in total. The molecule has 2 N–H and O–H groups in total. The van der Waals surface area contributed by atoms with E-state index in [0.29, 0.717) is 29.7 Å². The van der Waals surface area contributed by atoms with E-state index in [9.17, 15) is 4.79 Å². The molecule has 0 unspecified atom stereocenters. The van der Waals surface area contributed by atoms with Crippen LogP contribution in [0.4, 0.5) is 5.82 Å². The topological polar surface area (TPSA) is 133 Å². The van der Waals surface area contributed by atoms with Crippen LogP contribution in [0.3, 0.4) is 0 Å². The average Bonchev–Trinajstić information content (AvgIpc) is 3.55. The van der Waals surface area contributed by atoms with Crippen molar-refractivity contribution in [1.29, 1.82) is 0 Å². The second-order valence-electron chi connectivity index (χ2n) is 8.10. The zero-order valence-corrected chi connectivity index (χ0v) is 18.4. The number of anilines is 1. The Balaban J connectivity index is 1.22. The van der Waals surface area contributed by atoms with Crippen molar-refractivity contribution in [2.45, 2.75) is 37.9 Å². The fourth-order valence-electron chi connectivity index (χ4n) is 4.22. The van der Waals surface area contributed by atoms with Crippen molar-refractivity contribution < 1.29 is 14.3 Å². The number of aryl methyl sites for hydroxylation is 1. The quantitative estimate of drug-likeness (QED) is 0.441. The summed E-state index contributed by atoms with van der Waals surface area (Å²) in [6.45, 7) is 0.347. The van der Waals surface area contributed by atoms with Crippen LogP contribution in [0.25, 0.3) is 10.8 Å². The van der Waals surface area contributed by atoms with Crippen LogP contribution in [-0.4, -0.2) is 54.3 Å². The van der Waals surface area contributed by atoms with E-state index in [0.717, 1.165) is 35.7 Å². The second kappa shape index (κ2) is 8.94. The fourth-order valence-corrected chi connectivity index (χ4v) is 4.22. The van der Waals surface area contributed by atoms with Gasteiger partial charge in [-0.25, -0.2) is 0 Å². The van der Waals surface area contributed by atoms with E-state index in [1.165, 1.54) is 4.68 Å². The zero-order valence-electron chi connectivity index (χ0n) is 18.4. The van der Waals surface area contributed by atoms with Crippen molar-refractivity contribution in [2.75, 3.05) is 12.4 Å². The minimum atomic E-state index is -0.276. The summed E-state index contributed by atoms with van der Waals surface area (Å²) < 4.78 is 12.8. The first-order valence-electron chi connectivity index (χ1n) is 10.7. The monoisotopic (exact) mass is 448 g/mol. The number of nitrogens with one attached hydrogen (secondary N) is 2. The van der Waals surface area contributed by atoms with E-state index in [-0.39, 0.29) is 17.9 Å². The van der Waals surface area contributed by atoms with E-state index in [2.05, 4.69) is 35.8 Å². The van der Waals surface area contributed by atoms with Gasteiger partial charge in [0.15, 0.2) is 5.82 Å². The first kappa shape index (κ1) is 21.0. The van der Waals surface area contributed by atoms with Crippen molar-refractivity contribution in [3.63, 3.8) is 0 Å². The molecule has 0 aliphatic heterocycles. The molecule has 1 amide bonds. The zero-order chi connectivity index (χ0) is 22.8. The summed E-state index contributed by atoms with van der Waals surface area (Å²) in [7, 11) is 3.31.